The van der Waals surface area contributed by atoms with E-state index in [0.717, 1.165) is 17.8 Å². The number of amides is 1. The van der Waals surface area contributed by atoms with Crippen LogP contribution in [0.1, 0.15) is 27.2 Å². The van der Waals surface area contributed by atoms with Crippen molar-refractivity contribution in [3.05, 3.63) is 24.3 Å². The number of carbonyl (C=O) groups is 1. The van der Waals surface area contributed by atoms with Gasteiger partial charge in [-0.2, -0.15) is 0 Å². The molecule has 1 amide bonds. The molecule has 0 radical (unpaired) electrons. The van der Waals surface area contributed by atoms with Crippen molar-refractivity contribution in [2.24, 2.45) is 5.92 Å². The Labute approximate surface area is 109 Å². The van der Waals surface area contributed by atoms with Gasteiger partial charge in [0.15, 0.2) is 0 Å². The van der Waals surface area contributed by atoms with E-state index in [4.69, 9.17) is 0 Å². The topological polar surface area (TPSA) is 50.4 Å². The third kappa shape index (κ3) is 4.28. The van der Waals surface area contributed by atoms with Crippen molar-refractivity contribution >= 4 is 17.5 Å². The van der Waals surface area contributed by atoms with E-state index in [1.165, 1.54) is 7.11 Å². The summed E-state index contributed by atoms with van der Waals surface area (Å²) in [5.41, 5.74) is 1.73. The van der Waals surface area contributed by atoms with Gasteiger partial charge in [-0.05, 0) is 30.5 Å². The Morgan fingerprint density at radius 2 is 2.00 bits per heavy atom. The van der Waals surface area contributed by atoms with Crippen LogP contribution in [0.3, 0.4) is 0 Å². The highest BCUT2D eigenvalue weighted by molar-refractivity contribution is 5.85. The van der Waals surface area contributed by atoms with Crippen molar-refractivity contribution in [1.82, 2.24) is 0 Å². The molecule has 0 spiro atoms. The summed E-state index contributed by atoms with van der Waals surface area (Å²) in [6.07, 6.45) is 0.606. The van der Waals surface area contributed by atoms with Crippen LogP contribution in [0.25, 0.3) is 0 Å². The highest BCUT2D eigenvalue weighted by Crippen LogP contribution is 2.19. The van der Waals surface area contributed by atoms with Crippen LogP contribution in [0.2, 0.25) is 0 Å². The smallest absolute Gasteiger partial charge is 0.411 e. The second-order valence-electron chi connectivity index (χ2n) is 4.60. The SMILES string of the molecule is CCC(Nc1cccc(NC(=O)OC)c1)C(C)C. The molecule has 0 aliphatic heterocycles. The second kappa shape index (κ2) is 6.89. The number of anilines is 2. The van der Waals surface area contributed by atoms with Crippen molar-refractivity contribution in [2.45, 2.75) is 33.2 Å². The van der Waals surface area contributed by atoms with E-state index in [0.29, 0.717) is 12.0 Å². The maximum Gasteiger partial charge on any atom is 0.411 e. The lowest BCUT2D eigenvalue weighted by Gasteiger charge is -2.22. The first-order chi connectivity index (χ1) is 8.56. The summed E-state index contributed by atoms with van der Waals surface area (Å²) in [6.45, 7) is 6.55. The zero-order chi connectivity index (χ0) is 13.5. The molecule has 0 aromatic heterocycles. The van der Waals surface area contributed by atoms with Crippen molar-refractivity contribution < 1.29 is 9.53 Å². The molecule has 0 aliphatic carbocycles. The molecule has 0 bridgehead atoms. The molecule has 2 N–H and O–H groups in total. The standard InChI is InChI=1S/C14H22N2O2/c1-5-13(10(2)3)15-11-7-6-8-12(9-11)16-14(17)18-4/h6-10,13,15H,5H2,1-4H3,(H,16,17). The molecule has 1 atom stereocenters. The summed E-state index contributed by atoms with van der Waals surface area (Å²) in [5.74, 6) is 0.562. The Morgan fingerprint density at radius 1 is 1.33 bits per heavy atom. The fraction of sp³-hybridized carbons (Fsp3) is 0.500. The van der Waals surface area contributed by atoms with E-state index in [1.54, 1.807) is 0 Å². The molecule has 1 aromatic carbocycles. The van der Waals surface area contributed by atoms with Crippen LogP contribution in [0.4, 0.5) is 16.2 Å². The Balaban J connectivity index is 2.72. The van der Waals surface area contributed by atoms with Gasteiger partial charge in [-0.3, -0.25) is 5.32 Å². The molecule has 4 nitrogen and oxygen atoms in total. The van der Waals surface area contributed by atoms with E-state index in [-0.39, 0.29) is 0 Å². The molecule has 1 unspecified atom stereocenters. The predicted molar refractivity (Wildman–Crippen MR) is 75.0 cm³/mol. The quantitative estimate of drug-likeness (QED) is 0.837. The van der Waals surface area contributed by atoms with Gasteiger partial charge >= 0.3 is 6.09 Å². The van der Waals surface area contributed by atoms with Gasteiger partial charge in [0.2, 0.25) is 0 Å². The predicted octanol–water partition coefficient (Wildman–Crippen LogP) is 3.71. The van der Waals surface area contributed by atoms with E-state index in [9.17, 15) is 4.79 Å². The number of benzene rings is 1. The van der Waals surface area contributed by atoms with E-state index in [2.05, 4.69) is 36.1 Å². The second-order valence-corrected chi connectivity index (χ2v) is 4.60. The number of rotatable bonds is 5. The minimum atomic E-state index is -0.456. The summed E-state index contributed by atoms with van der Waals surface area (Å²) in [5, 5.41) is 6.12. The van der Waals surface area contributed by atoms with E-state index < -0.39 is 6.09 Å². The van der Waals surface area contributed by atoms with Crippen LogP contribution >= 0.6 is 0 Å². The zero-order valence-electron chi connectivity index (χ0n) is 11.5. The van der Waals surface area contributed by atoms with Gasteiger partial charge in [0.05, 0.1) is 7.11 Å². The molecule has 0 aliphatic rings. The van der Waals surface area contributed by atoms with Crippen molar-refractivity contribution in [2.75, 3.05) is 17.7 Å². The zero-order valence-corrected chi connectivity index (χ0v) is 11.5. The third-order valence-corrected chi connectivity index (χ3v) is 2.89. The van der Waals surface area contributed by atoms with Gasteiger partial charge in [-0.15, -0.1) is 0 Å². The largest absolute Gasteiger partial charge is 0.453 e. The molecule has 0 saturated carbocycles. The lowest BCUT2D eigenvalue weighted by atomic mass is 10.0. The fourth-order valence-electron chi connectivity index (χ4n) is 1.81. The average Bonchev–Trinajstić information content (AvgIpc) is 2.35. The first-order valence-corrected chi connectivity index (χ1v) is 6.28. The first-order valence-electron chi connectivity index (χ1n) is 6.28. The molecule has 4 heteroatoms. The van der Waals surface area contributed by atoms with Crippen molar-refractivity contribution in [3.8, 4) is 0 Å². The number of nitrogens with one attached hydrogen (secondary N) is 2. The number of methoxy groups -OCH3 is 1. The van der Waals surface area contributed by atoms with Gasteiger partial charge in [-0.1, -0.05) is 26.8 Å². The Morgan fingerprint density at radius 3 is 2.56 bits per heavy atom. The van der Waals surface area contributed by atoms with Crippen LogP contribution in [0, 0.1) is 5.92 Å². The van der Waals surface area contributed by atoms with Gasteiger partial charge < -0.3 is 10.1 Å². The maximum atomic E-state index is 11.1. The monoisotopic (exact) mass is 250 g/mol. The number of hydrogen-bond acceptors (Lipinski definition) is 3. The Bertz CT molecular complexity index is 391. The Kier molecular flexibility index (Phi) is 5.49. The molecule has 0 heterocycles. The molecule has 18 heavy (non-hydrogen) atoms. The van der Waals surface area contributed by atoms with Crippen LogP contribution in [0.5, 0.6) is 0 Å². The fourth-order valence-corrected chi connectivity index (χ4v) is 1.81. The van der Waals surface area contributed by atoms with Crippen LogP contribution in [0.15, 0.2) is 24.3 Å². The minimum Gasteiger partial charge on any atom is -0.453 e. The lowest BCUT2D eigenvalue weighted by Crippen LogP contribution is -2.24. The van der Waals surface area contributed by atoms with E-state index in [1.807, 2.05) is 24.3 Å². The number of carbonyl (C=O) groups excluding carboxylic acids is 1. The Hall–Kier alpha value is -1.71. The highest BCUT2D eigenvalue weighted by Gasteiger charge is 2.10. The van der Waals surface area contributed by atoms with Crippen molar-refractivity contribution in [3.63, 3.8) is 0 Å². The first kappa shape index (κ1) is 14.4. The van der Waals surface area contributed by atoms with Gasteiger partial charge in [0.1, 0.15) is 0 Å². The van der Waals surface area contributed by atoms with Crippen LogP contribution < -0.4 is 10.6 Å². The lowest BCUT2D eigenvalue weighted by molar-refractivity contribution is 0.187. The van der Waals surface area contributed by atoms with E-state index >= 15 is 0 Å². The van der Waals surface area contributed by atoms with Gasteiger partial charge in [0.25, 0.3) is 0 Å². The van der Waals surface area contributed by atoms with Gasteiger partial charge in [-0.25, -0.2) is 4.79 Å². The molecule has 1 aromatic rings. The maximum absolute atomic E-state index is 11.1. The average molecular weight is 250 g/mol. The summed E-state index contributed by atoms with van der Waals surface area (Å²) in [7, 11) is 1.35. The third-order valence-electron chi connectivity index (χ3n) is 2.89. The molecule has 0 fully saturated rings. The minimum absolute atomic E-state index is 0.429. The summed E-state index contributed by atoms with van der Waals surface area (Å²) in [4.78, 5) is 11.1. The summed E-state index contributed by atoms with van der Waals surface area (Å²) >= 11 is 0. The number of hydrogen-bond donors (Lipinski definition) is 2. The molecule has 0 saturated heterocycles. The molecule has 1 rings (SSSR count). The van der Waals surface area contributed by atoms with Gasteiger partial charge in [0, 0.05) is 17.4 Å². The van der Waals surface area contributed by atoms with Crippen LogP contribution in [-0.2, 0) is 4.74 Å². The number of ether oxygens (including phenoxy) is 1. The molecular formula is C14H22N2O2. The molecule has 100 valence electrons. The normalized spacial score (nSPS) is 12.1. The summed E-state index contributed by atoms with van der Waals surface area (Å²) in [6, 6.07) is 8.06. The summed E-state index contributed by atoms with van der Waals surface area (Å²) < 4.78 is 4.56. The van der Waals surface area contributed by atoms with Crippen molar-refractivity contribution in [1.29, 1.82) is 0 Å². The van der Waals surface area contributed by atoms with Crippen LogP contribution in [-0.4, -0.2) is 19.2 Å². The molecular weight excluding hydrogens is 228 g/mol. The highest BCUT2D eigenvalue weighted by atomic mass is 16.5.